The molecule has 0 spiro atoms. The lowest BCUT2D eigenvalue weighted by atomic mass is 9.66. The first-order valence-electron chi connectivity index (χ1n) is 13.5. The van der Waals surface area contributed by atoms with Crippen LogP contribution in [0.3, 0.4) is 0 Å². The van der Waals surface area contributed by atoms with Crippen LogP contribution in [0.25, 0.3) is 0 Å². The molecule has 1 saturated heterocycles. The SMILES string of the molecule is CCN(CC)CCOCCO[C@@H]1c2cc3c(cc2[C@@H](c2cc(OC)c(O)c(OC)c2)[C@H]2C(=O)OC[C@@H]21)OCO3. The van der Waals surface area contributed by atoms with Crippen LogP contribution in [0, 0.1) is 11.8 Å². The molecule has 2 heterocycles. The highest BCUT2D eigenvalue weighted by Gasteiger charge is 2.53. The Morgan fingerprint density at radius 2 is 1.59 bits per heavy atom. The van der Waals surface area contributed by atoms with E-state index < -0.39 is 17.9 Å². The Kier molecular flexibility index (Phi) is 8.34. The van der Waals surface area contributed by atoms with Crippen molar-refractivity contribution in [3.63, 3.8) is 0 Å². The zero-order valence-corrected chi connectivity index (χ0v) is 22.9. The molecule has 1 fully saturated rings. The van der Waals surface area contributed by atoms with Gasteiger partial charge in [-0.3, -0.25) is 4.79 Å². The fourth-order valence-electron chi connectivity index (χ4n) is 5.89. The molecule has 3 aliphatic rings. The summed E-state index contributed by atoms with van der Waals surface area (Å²) in [6, 6.07) is 7.35. The van der Waals surface area contributed by atoms with Gasteiger partial charge in [-0.25, -0.2) is 0 Å². The van der Waals surface area contributed by atoms with Gasteiger partial charge in [0.15, 0.2) is 23.0 Å². The summed E-state index contributed by atoms with van der Waals surface area (Å²) in [6.45, 7) is 8.94. The Hall–Kier alpha value is -3.21. The predicted octanol–water partition coefficient (Wildman–Crippen LogP) is 3.49. The number of aromatic hydroxyl groups is 1. The summed E-state index contributed by atoms with van der Waals surface area (Å²) in [5.41, 5.74) is 2.55. The number of cyclic esters (lactones) is 1. The number of nitrogens with zero attached hydrogens (tertiary/aromatic N) is 1. The number of likely N-dealkylation sites (N-methyl/N-ethyl adjacent to an activating group) is 1. The number of phenolic OH excluding ortho intramolecular Hbond substituents is 1. The van der Waals surface area contributed by atoms with Crippen LogP contribution in [0.5, 0.6) is 28.7 Å². The Bertz CT molecular complexity index is 1160. The number of hydrogen-bond acceptors (Lipinski definition) is 10. The van der Waals surface area contributed by atoms with E-state index in [1.54, 1.807) is 12.1 Å². The molecule has 0 radical (unpaired) electrons. The minimum absolute atomic E-state index is 0.0989. The Labute approximate surface area is 228 Å². The van der Waals surface area contributed by atoms with Crippen LogP contribution in [0.15, 0.2) is 24.3 Å². The second-order valence-corrected chi connectivity index (χ2v) is 9.84. The molecule has 0 aromatic heterocycles. The fourth-order valence-corrected chi connectivity index (χ4v) is 5.89. The van der Waals surface area contributed by atoms with E-state index in [-0.39, 0.29) is 42.5 Å². The van der Waals surface area contributed by atoms with Crippen molar-refractivity contribution in [3.8, 4) is 28.7 Å². The van der Waals surface area contributed by atoms with Crippen molar-refractivity contribution in [2.24, 2.45) is 11.8 Å². The topological polar surface area (TPSA) is 105 Å². The molecule has 10 nitrogen and oxygen atoms in total. The van der Waals surface area contributed by atoms with E-state index >= 15 is 0 Å². The zero-order chi connectivity index (χ0) is 27.5. The molecular weight excluding hydrogens is 506 g/mol. The highest BCUT2D eigenvalue weighted by atomic mass is 16.7. The smallest absolute Gasteiger partial charge is 0.310 e. The molecular formula is C29H37NO9. The van der Waals surface area contributed by atoms with E-state index in [9.17, 15) is 9.90 Å². The standard InChI is InChI=1S/C29H37NO9/c1-5-30(6-2)7-8-35-9-10-36-28-19-14-22-21(38-16-39-22)13-18(19)25(26-20(28)15-37-29(26)32)17-11-23(33-3)27(31)24(12-17)34-4/h11-14,20,25-26,28,31H,5-10,15-16H2,1-4H3/t20-,25+,26-,28+/m0/s1. The fraction of sp³-hybridized carbons (Fsp3) is 0.552. The van der Waals surface area contributed by atoms with E-state index in [1.165, 1.54) is 14.2 Å². The Balaban J connectivity index is 1.47. The van der Waals surface area contributed by atoms with Gasteiger partial charge in [-0.1, -0.05) is 13.8 Å². The van der Waals surface area contributed by atoms with Gasteiger partial charge in [0.05, 0.1) is 52.7 Å². The molecule has 10 heteroatoms. The molecule has 1 aliphatic carbocycles. The third-order valence-electron chi connectivity index (χ3n) is 7.95. The lowest BCUT2D eigenvalue weighted by molar-refractivity contribution is -0.141. The largest absolute Gasteiger partial charge is 0.502 e. The number of carbonyl (C=O) groups is 1. The lowest BCUT2D eigenvalue weighted by Gasteiger charge is -2.39. The van der Waals surface area contributed by atoms with E-state index in [4.69, 9.17) is 33.2 Å². The van der Waals surface area contributed by atoms with Gasteiger partial charge in [0, 0.05) is 18.4 Å². The molecule has 0 bridgehead atoms. The number of benzene rings is 2. The van der Waals surface area contributed by atoms with Crippen LogP contribution >= 0.6 is 0 Å². The van der Waals surface area contributed by atoms with Crippen molar-refractivity contribution in [2.45, 2.75) is 25.9 Å². The number of ether oxygens (including phenoxy) is 7. The van der Waals surface area contributed by atoms with Crippen molar-refractivity contribution in [1.82, 2.24) is 4.90 Å². The van der Waals surface area contributed by atoms with Crippen LogP contribution in [-0.4, -0.2) is 83.1 Å². The second-order valence-electron chi connectivity index (χ2n) is 9.84. The normalized spacial score (nSPS) is 22.9. The van der Waals surface area contributed by atoms with Crippen LogP contribution in [-0.2, 0) is 19.0 Å². The summed E-state index contributed by atoms with van der Waals surface area (Å²) in [4.78, 5) is 15.5. The van der Waals surface area contributed by atoms with Gasteiger partial charge in [-0.2, -0.15) is 0 Å². The molecule has 2 aromatic rings. The van der Waals surface area contributed by atoms with E-state index in [2.05, 4.69) is 18.7 Å². The van der Waals surface area contributed by atoms with Gasteiger partial charge in [0.25, 0.3) is 0 Å². The minimum Gasteiger partial charge on any atom is -0.502 e. The van der Waals surface area contributed by atoms with Gasteiger partial charge >= 0.3 is 5.97 Å². The van der Waals surface area contributed by atoms with Gasteiger partial charge < -0.3 is 43.2 Å². The summed E-state index contributed by atoms with van der Waals surface area (Å²) in [7, 11) is 2.96. The number of phenols is 1. The summed E-state index contributed by atoms with van der Waals surface area (Å²) in [5.74, 6) is 0.248. The summed E-state index contributed by atoms with van der Waals surface area (Å²) < 4.78 is 40.1. The highest BCUT2D eigenvalue weighted by Crippen LogP contribution is 2.56. The summed E-state index contributed by atoms with van der Waals surface area (Å²) >= 11 is 0. The highest BCUT2D eigenvalue weighted by molar-refractivity contribution is 5.79. The molecule has 0 unspecified atom stereocenters. The average Bonchev–Trinajstić information content (AvgIpc) is 3.57. The number of fused-ring (bicyclic) bond motifs is 3. The summed E-state index contributed by atoms with van der Waals surface area (Å²) in [5, 5.41) is 10.5. The van der Waals surface area contributed by atoms with Crippen LogP contribution < -0.4 is 18.9 Å². The van der Waals surface area contributed by atoms with Crippen molar-refractivity contribution >= 4 is 5.97 Å². The molecule has 4 atom stereocenters. The third-order valence-corrected chi connectivity index (χ3v) is 7.95. The van der Waals surface area contributed by atoms with E-state index in [0.717, 1.165) is 36.3 Å². The average molecular weight is 544 g/mol. The van der Waals surface area contributed by atoms with Crippen molar-refractivity contribution in [3.05, 3.63) is 41.0 Å². The Morgan fingerprint density at radius 1 is 0.923 bits per heavy atom. The minimum atomic E-state index is -0.509. The zero-order valence-electron chi connectivity index (χ0n) is 22.9. The number of esters is 1. The van der Waals surface area contributed by atoms with Crippen molar-refractivity contribution < 1.29 is 43.1 Å². The molecule has 5 rings (SSSR count). The maximum absolute atomic E-state index is 13.2. The molecule has 2 aliphatic heterocycles. The molecule has 2 aromatic carbocycles. The van der Waals surface area contributed by atoms with Crippen LogP contribution in [0.2, 0.25) is 0 Å². The first kappa shape index (κ1) is 27.4. The molecule has 39 heavy (non-hydrogen) atoms. The number of rotatable bonds is 12. The summed E-state index contributed by atoms with van der Waals surface area (Å²) in [6.07, 6.45) is -0.394. The molecule has 212 valence electrons. The van der Waals surface area contributed by atoms with Crippen LogP contribution in [0.4, 0.5) is 0 Å². The van der Waals surface area contributed by atoms with Crippen molar-refractivity contribution in [1.29, 1.82) is 0 Å². The lowest BCUT2D eigenvalue weighted by Crippen LogP contribution is -2.36. The molecule has 0 saturated carbocycles. The monoisotopic (exact) mass is 543 g/mol. The van der Waals surface area contributed by atoms with E-state index in [1.807, 2.05) is 12.1 Å². The first-order valence-corrected chi connectivity index (χ1v) is 13.5. The third kappa shape index (κ3) is 5.20. The maximum atomic E-state index is 13.2. The van der Waals surface area contributed by atoms with Gasteiger partial charge in [-0.05, 0) is 54.0 Å². The van der Waals surface area contributed by atoms with Gasteiger partial charge in [0.2, 0.25) is 12.5 Å². The first-order chi connectivity index (χ1) is 19.0. The second kappa shape index (κ2) is 11.9. The van der Waals surface area contributed by atoms with Crippen LogP contribution in [0.1, 0.15) is 42.6 Å². The predicted molar refractivity (Wildman–Crippen MR) is 141 cm³/mol. The number of carbonyl (C=O) groups excluding carboxylic acids is 1. The molecule has 1 N–H and O–H groups in total. The molecule has 0 amide bonds. The van der Waals surface area contributed by atoms with E-state index in [0.29, 0.717) is 31.3 Å². The number of methoxy groups -OCH3 is 2. The number of hydrogen-bond donors (Lipinski definition) is 1. The quantitative estimate of drug-likeness (QED) is 0.316. The van der Waals surface area contributed by atoms with Crippen molar-refractivity contribution in [2.75, 3.05) is 67.1 Å². The maximum Gasteiger partial charge on any atom is 0.310 e. The van der Waals surface area contributed by atoms with Gasteiger partial charge in [0.1, 0.15) is 0 Å². The van der Waals surface area contributed by atoms with Gasteiger partial charge in [-0.15, -0.1) is 0 Å². The Morgan fingerprint density at radius 3 is 2.23 bits per heavy atom.